The Balaban J connectivity index is -0.0000000910. The number of rotatable bonds is 0. The topological polar surface area (TPSA) is 0 Å². The molecule has 0 nitrogen and oxygen atoms in total. The summed E-state index contributed by atoms with van der Waals surface area (Å²) in [5, 5.41) is 0. The van der Waals surface area contributed by atoms with Crippen molar-refractivity contribution < 1.29 is 52.1 Å². The first-order valence-corrected chi connectivity index (χ1v) is 11.2. The van der Waals surface area contributed by atoms with Crippen molar-refractivity contribution in [1.82, 2.24) is 0 Å². The van der Waals surface area contributed by atoms with Crippen LogP contribution in [0.2, 0.25) is 0 Å². The summed E-state index contributed by atoms with van der Waals surface area (Å²) in [5.41, 5.74) is 0. The maximum Gasteiger partial charge on any atom is 0 e. The van der Waals surface area contributed by atoms with Gasteiger partial charge in [-0.15, -0.1) is 0 Å². The van der Waals surface area contributed by atoms with Crippen molar-refractivity contribution in [2.75, 3.05) is 0 Å². The average molecular weight is 452 g/mol. The molecule has 0 heterocycles. The van der Waals surface area contributed by atoms with Gasteiger partial charge in [-0.05, 0) is 0 Å². The first-order chi connectivity index (χ1) is 4.18. The Morgan fingerprint density at radius 1 is 2.12 bits per heavy atom. The van der Waals surface area contributed by atoms with Crippen LogP contribution < -0.4 is 0 Å². The van der Waals surface area contributed by atoms with Crippen LogP contribution in [0.1, 0.15) is 0 Å². The van der Waals surface area contributed by atoms with Crippen LogP contribution in [0.5, 0.6) is 0 Å². The second-order valence-corrected chi connectivity index (χ2v) is 10.0. The van der Waals surface area contributed by atoms with Crippen LogP contribution in [-0.2, 0) is 88.2 Å². The van der Waals surface area contributed by atoms with Crippen LogP contribution in [0.4, 0.5) is 0 Å². The first-order valence-electron chi connectivity index (χ1n) is 1.74. The van der Waals surface area contributed by atoms with Gasteiger partial charge in [0.2, 0.25) is 0 Å². The molecular formula is H3PS4V2W-. The van der Waals surface area contributed by atoms with Gasteiger partial charge in [0.1, 0.15) is 0 Å². The third-order valence-corrected chi connectivity index (χ3v) is 7.52. The van der Waals surface area contributed by atoms with Gasteiger partial charge in [0, 0.05) is 18.6 Å². The van der Waals surface area contributed by atoms with Gasteiger partial charge in [0.25, 0.3) is 0 Å². The Labute approximate surface area is 96.6 Å². The third kappa shape index (κ3) is 35.2. The molecule has 0 bridgehead atoms. The Morgan fingerprint density at radius 2 is 2.38 bits per heavy atom. The third-order valence-electron chi connectivity index (χ3n) is 0.0340. The molecule has 49 valence electrons. The predicted molar refractivity (Wildman–Crippen MR) is 40.6 cm³/mol. The van der Waals surface area contributed by atoms with E-state index in [9.17, 15) is 0 Å². The van der Waals surface area contributed by atoms with Gasteiger partial charge >= 0.3 is 79.7 Å². The molecule has 0 rings (SSSR count). The van der Waals surface area contributed by atoms with Crippen molar-refractivity contribution >= 4 is 44.1 Å². The fourth-order valence-corrected chi connectivity index (χ4v) is 0. The Hall–Kier alpha value is 3.17. The van der Waals surface area contributed by atoms with Gasteiger partial charge < -0.3 is 0 Å². The minimum atomic E-state index is -0.303. The molecule has 0 atom stereocenters. The Kier molecular flexibility index (Phi) is 31.4. The van der Waals surface area contributed by atoms with Gasteiger partial charge in [0.05, 0.1) is 0 Å². The summed E-state index contributed by atoms with van der Waals surface area (Å²) in [7, 11) is 5.58. The van der Waals surface area contributed by atoms with Crippen LogP contribution in [0, 0.1) is 0 Å². The van der Waals surface area contributed by atoms with Crippen LogP contribution in [0.15, 0.2) is 0 Å². The minimum Gasteiger partial charge on any atom is 0 e. The molecule has 0 amide bonds. The summed E-state index contributed by atoms with van der Waals surface area (Å²) in [6.07, 6.45) is 0. The molecular weight excluding hydrogens is 445 g/mol. The summed E-state index contributed by atoms with van der Waals surface area (Å²) >= 11 is 5.34. The van der Waals surface area contributed by atoms with E-state index in [0.29, 0.717) is 0 Å². The second-order valence-electron chi connectivity index (χ2n) is 0.226. The molecule has 0 saturated carbocycles. The van der Waals surface area contributed by atoms with Gasteiger partial charge in [-0.2, -0.15) is 0 Å². The standard InChI is InChI=1S/HPS2.S2.2V.W.H/c1-3-2;1-2;;;;/h1H;;;;;/q;;;;-2;/p+1/i;;;;;1+2/hT. The van der Waals surface area contributed by atoms with E-state index in [1.165, 1.54) is 35.5 Å². The Bertz CT molecular complexity index is 199. The fourth-order valence-electron chi connectivity index (χ4n) is 0. The quantitative estimate of drug-likeness (QED) is 0.285. The van der Waals surface area contributed by atoms with Crippen LogP contribution >= 0.6 is 8.02 Å². The van der Waals surface area contributed by atoms with Gasteiger partial charge in [-0.1, -0.05) is 0 Å². The van der Waals surface area contributed by atoms with Crippen molar-refractivity contribution in [3.63, 3.8) is 0 Å². The number of hydrogen-bond donors (Lipinski definition) is 0. The SMILES string of the molecule is [3H][S-](=[W])=S=P.[3H][V]=[S]=S.[V]. The van der Waals surface area contributed by atoms with Crippen LogP contribution in [0.3, 0.4) is 0 Å². The molecule has 0 aromatic rings. The zero-order valence-electron chi connectivity index (χ0n) is 5.44. The summed E-state index contributed by atoms with van der Waals surface area (Å²) < 4.78 is 13.2. The molecule has 0 N–H and O–H groups in total. The van der Waals surface area contributed by atoms with Crippen molar-refractivity contribution in [3.05, 3.63) is 0 Å². The van der Waals surface area contributed by atoms with E-state index in [2.05, 4.69) is 19.2 Å². The van der Waals surface area contributed by atoms with E-state index in [4.69, 9.17) is 2.00 Å². The monoisotopic (exact) mass is 452 g/mol. The molecule has 0 saturated heterocycles. The fraction of sp³-hybridized carbons (Fsp3) is 0. The van der Waals surface area contributed by atoms with E-state index in [1.807, 2.05) is 0 Å². The van der Waals surface area contributed by atoms with Gasteiger partial charge in [-0.3, -0.25) is 0 Å². The summed E-state index contributed by atoms with van der Waals surface area (Å²) in [5.74, 6) is 0. The van der Waals surface area contributed by atoms with Crippen molar-refractivity contribution in [2.24, 2.45) is 0 Å². The zero-order chi connectivity index (χ0) is 7.70. The maximum absolute atomic E-state index is 6.81. The van der Waals surface area contributed by atoms with E-state index in [0.717, 1.165) is 0 Å². The Morgan fingerprint density at radius 3 is 2.38 bits per heavy atom. The van der Waals surface area contributed by atoms with Crippen molar-refractivity contribution in [2.45, 2.75) is 0 Å². The van der Waals surface area contributed by atoms with E-state index >= 15 is 0 Å². The normalized spacial score (nSPS) is 8.12. The van der Waals surface area contributed by atoms with Crippen LogP contribution in [-0.4, -0.2) is 2.00 Å². The molecule has 8 heteroatoms. The molecule has 0 aromatic heterocycles. The predicted octanol–water partition coefficient (Wildman–Crippen LogP) is 0.0410. The largest absolute Gasteiger partial charge is 0 e. The average Bonchev–Trinajstić information content (AvgIpc) is 1.89. The molecule has 0 spiro atoms. The number of hydrogen-bond acceptors (Lipinski definition) is 2. The molecule has 0 fully saturated rings. The molecule has 0 aromatic carbocycles. The first kappa shape index (κ1) is 11.2. The van der Waals surface area contributed by atoms with Crippen molar-refractivity contribution in [3.8, 4) is 0 Å². The molecule has 0 aliphatic heterocycles. The molecule has 8 heavy (non-hydrogen) atoms. The molecule has 0 unspecified atom stereocenters. The maximum atomic E-state index is 6.81. The molecule has 1 radical (unpaired) electrons. The smallest absolute Gasteiger partial charge is 0 e. The van der Waals surface area contributed by atoms with Crippen LogP contribution in [0.25, 0.3) is 0 Å². The van der Waals surface area contributed by atoms with E-state index in [1.54, 1.807) is 0 Å². The zero-order valence-corrected chi connectivity index (χ0v) is 13.4. The molecule has 0 aliphatic carbocycles. The number of thiol groups is 1. The van der Waals surface area contributed by atoms with Gasteiger partial charge in [-0.25, -0.2) is 0 Å². The summed E-state index contributed by atoms with van der Waals surface area (Å²) in [6, 6.07) is 0. The van der Waals surface area contributed by atoms with E-state index in [-0.39, 0.29) is 41.5 Å². The summed E-state index contributed by atoms with van der Waals surface area (Å²) in [6.45, 7) is 0. The van der Waals surface area contributed by atoms with E-state index < -0.39 is 0 Å². The minimum absolute atomic E-state index is 0. The van der Waals surface area contributed by atoms with Crippen molar-refractivity contribution in [1.29, 1.82) is 2.00 Å². The second kappa shape index (κ2) is 22.5. The molecule has 0 aliphatic rings. The van der Waals surface area contributed by atoms with Gasteiger partial charge in [0.15, 0.2) is 0 Å². The summed E-state index contributed by atoms with van der Waals surface area (Å²) in [4.78, 5) is 0.